The van der Waals surface area contributed by atoms with Gasteiger partial charge in [-0.15, -0.1) is 0 Å². The highest BCUT2D eigenvalue weighted by atomic mass is 15.2. The molecule has 0 unspecified atom stereocenters. The molecule has 1 aromatic carbocycles. The number of hydrogen-bond acceptors (Lipinski definition) is 2. The highest BCUT2D eigenvalue weighted by molar-refractivity contribution is 5.55. The Morgan fingerprint density at radius 3 is 3.00 bits per heavy atom. The van der Waals surface area contributed by atoms with E-state index in [0.29, 0.717) is 0 Å². The van der Waals surface area contributed by atoms with Gasteiger partial charge in [0.2, 0.25) is 0 Å². The van der Waals surface area contributed by atoms with E-state index >= 15 is 0 Å². The lowest BCUT2D eigenvalue weighted by Gasteiger charge is -2.19. The fraction of sp³-hybridized carbons (Fsp3) is 0.400. The minimum atomic E-state index is 0.851. The van der Waals surface area contributed by atoms with E-state index in [1.54, 1.807) is 0 Å². The summed E-state index contributed by atoms with van der Waals surface area (Å²) in [7, 11) is 1.95. The first kappa shape index (κ1) is 11.3. The second-order valence-electron chi connectivity index (χ2n) is 5.03. The highest BCUT2D eigenvalue weighted by Crippen LogP contribution is 2.28. The van der Waals surface area contributed by atoms with Crippen LogP contribution >= 0.6 is 0 Å². The van der Waals surface area contributed by atoms with Gasteiger partial charge in [0.15, 0.2) is 0 Å². The summed E-state index contributed by atoms with van der Waals surface area (Å²) < 4.78 is 1.84. The van der Waals surface area contributed by atoms with Crippen LogP contribution in [0, 0.1) is 0 Å². The van der Waals surface area contributed by atoms with Crippen molar-refractivity contribution >= 4 is 5.69 Å². The topological polar surface area (TPSA) is 29.9 Å². The zero-order valence-corrected chi connectivity index (χ0v) is 10.8. The monoisotopic (exact) mass is 241 g/mol. The van der Waals surface area contributed by atoms with E-state index in [2.05, 4.69) is 34.8 Å². The summed E-state index contributed by atoms with van der Waals surface area (Å²) in [6, 6.07) is 6.62. The molecule has 0 radical (unpaired) electrons. The molecule has 0 saturated carbocycles. The van der Waals surface area contributed by atoms with E-state index in [1.165, 1.54) is 48.1 Å². The third kappa shape index (κ3) is 2.26. The molecule has 3 heteroatoms. The molecule has 0 bridgehead atoms. The Labute approximate surface area is 108 Å². The van der Waals surface area contributed by atoms with E-state index in [1.807, 2.05) is 17.9 Å². The smallest absolute Gasteiger partial charge is 0.0539 e. The summed E-state index contributed by atoms with van der Waals surface area (Å²) in [5.74, 6) is 0. The number of anilines is 1. The Morgan fingerprint density at radius 1 is 1.28 bits per heavy atom. The molecule has 0 fully saturated rings. The maximum Gasteiger partial charge on any atom is 0.0539 e. The van der Waals surface area contributed by atoms with E-state index in [9.17, 15) is 0 Å². The van der Waals surface area contributed by atoms with Crippen molar-refractivity contribution in [2.24, 2.45) is 7.05 Å². The van der Waals surface area contributed by atoms with Crippen molar-refractivity contribution in [2.45, 2.75) is 32.2 Å². The van der Waals surface area contributed by atoms with Gasteiger partial charge in [0.1, 0.15) is 0 Å². The molecule has 3 nitrogen and oxygen atoms in total. The second-order valence-corrected chi connectivity index (χ2v) is 5.03. The molecular formula is C15H19N3. The number of rotatable bonds is 3. The molecule has 0 amide bonds. The quantitative estimate of drug-likeness (QED) is 0.895. The molecule has 1 heterocycles. The molecule has 0 atom stereocenters. The first-order valence-corrected chi connectivity index (χ1v) is 6.65. The van der Waals surface area contributed by atoms with Crippen molar-refractivity contribution in [3.63, 3.8) is 0 Å². The fourth-order valence-electron chi connectivity index (χ4n) is 2.71. The van der Waals surface area contributed by atoms with Gasteiger partial charge in [0.25, 0.3) is 0 Å². The maximum absolute atomic E-state index is 4.19. The number of fused-ring (bicyclic) bond motifs is 1. The van der Waals surface area contributed by atoms with Gasteiger partial charge >= 0.3 is 0 Å². The van der Waals surface area contributed by atoms with Crippen LogP contribution in [0.4, 0.5) is 5.69 Å². The summed E-state index contributed by atoms with van der Waals surface area (Å²) in [5.41, 5.74) is 5.58. The first-order chi connectivity index (χ1) is 8.83. The predicted molar refractivity (Wildman–Crippen MR) is 73.6 cm³/mol. The van der Waals surface area contributed by atoms with Gasteiger partial charge in [0, 0.05) is 31.0 Å². The number of nitrogens with zero attached hydrogens (tertiary/aromatic N) is 2. The standard InChI is InChI=1S/C15H19N3/c1-18-11-12(10-17-18)9-16-15-8-4-6-13-5-2-3-7-14(13)15/h4,6,8,10-11,16H,2-3,5,7,9H2,1H3. The van der Waals surface area contributed by atoms with Crippen molar-refractivity contribution in [3.05, 3.63) is 47.3 Å². The third-order valence-electron chi connectivity index (χ3n) is 3.64. The highest BCUT2D eigenvalue weighted by Gasteiger charge is 2.12. The van der Waals surface area contributed by atoms with Crippen molar-refractivity contribution < 1.29 is 0 Å². The van der Waals surface area contributed by atoms with Crippen molar-refractivity contribution in [3.8, 4) is 0 Å². The molecule has 0 spiro atoms. The number of aryl methyl sites for hydroxylation is 2. The third-order valence-corrected chi connectivity index (χ3v) is 3.64. The lowest BCUT2D eigenvalue weighted by Crippen LogP contribution is -2.08. The molecule has 18 heavy (non-hydrogen) atoms. The fourth-order valence-corrected chi connectivity index (χ4v) is 2.71. The Kier molecular flexibility index (Phi) is 3.05. The Morgan fingerprint density at radius 2 is 2.17 bits per heavy atom. The van der Waals surface area contributed by atoms with Crippen LogP contribution in [0.15, 0.2) is 30.6 Å². The van der Waals surface area contributed by atoms with E-state index in [-0.39, 0.29) is 0 Å². The van der Waals surface area contributed by atoms with Crippen LogP contribution in [-0.4, -0.2) is 9.78 Å². The van der Waals surface area contributed by atoms with Crippen LogP contribution in [0.1, 0.15) is 29.5 Å². The van der Waals surface area contributed by atoms with Gasteiger partial charge < -0.3 is 5.32 Å². The van der Waals surface area contributed by atoms with Crippen LogP contribution in [0.3, 0.4) is 0 Å². The average molecular weight is 241 g/mol. The van der Waals surface area contributed by atoms with Crippen molar-refractivity contribution in [1.29, 1.82) is 0 Å². The molecule has 1 aliphatic carbocycles. The van der Waals surface area contributed by atoms with Crippen LogP contribution in [0.25, 0.3) is 0 Å². The summed E-state index contributed by atoms with van der Waals surface area (Å²) in [6.45, 7) is 0.851. The van der Waals surface area contributed by atoms with Crippen molar-refractivity contribution in [2.75, 3.05) is 5.32 Å². The molecule has 0 aliphatic heterocycles. The largest absolute Gasteiger partial charge is 0.381 e. The molecule has 2 aromatic rings. The predicted octanol–water partition coefficient (Wildman–Crippen LogP) is 2.91. The van der Waals surface area contributed by atoms with Crippen LogP contribution in [0.2, 0.25) is 0 Å². The average Bonchev–Trinajstić information content (AvgIpc) is 2.82. The van der Waals surface area contributed by atoms with Gasteiger partial charge in [-0.05, 0) is 42.9 Å². The van der Waals surface area contributed by atoms with E-state index < -0.39 is 0 Å². The SMILES string of the molecule is Cn1cc(CNc2cccc3c2CCCC3)cn1. The number of nitrogens with one attached hydrogen (secondary N) is 1. The second kappa shape index (κ2) is 4.84. The van der Waals surface area contributed by atoms with Gasteiger partial charge in [-0.2, -0.15) is 5.10 Å². The van der Waals surface area contributed by atoms with Crippen molar-refractivity contribution in [1.82, 2.24) is 9.78 Å². The molecule has 1 aromatic heterocycles. The summed E-state index contributed by atoms with van der Waals surface area (Å²) in [6.07, 6.45) is 9.08. The molecule has 1 aliphatic rings. The Bertz CT molecular complexity index is 542. The lowest BCUT2D eigenvalue weighted by atomic mass is 9.90. The number of aromatic nitrogens is 2. The molecule has 3 rings (SSSR count). The van der Waals surface area contributed by atoms with E-state index in [0.717, 1.165) is 6.54 Å². The van der Waals surface area contributed by atoms with Gasteiger partial charge in [-0.1, -0.05) is 12.1 Å². The maximum atomic E-state index is 4.19. The van der Waals surface area contributed by atoms with Gasteiger partial charge in [-0.3, -0.25) is 4.68 Å². The molecule has 94 valence electrons. The molecule has 1 N–H and O–H groups in total. The van der Waals surface area contributed by atoms with Crippen LogP contribution in [-0.2, 0) is 26.4 Å². The van der Waals surface area contributed by atoms with Gasteiger partial charge in [-0.25, -0.2) is 0 Å². The first-order valence-electron chi connectivity index (χ1n) is 6.65. The molecule has 0 saturated heterocycles. The van der Waals surface area contributed by atoms with Crippen LogP contribution in [0.5, 0.6) is 0 Å². The zero-order chi connectivity index (χ0) is 12.4. The normalized spacial score (nSPS) is 14.3. The lowest BCUT2D eigenvalue weighted by molar-refractivity contribution is 0.686. The zero-order valence-electron chi connectivity index (χ0n) is 10.8. The minimum absolute atomic E-state index is 0.851. The van der Waals surface area contributed by atoms with E-state index in [4.69, 9.17) is 0 Å². The Balaban J connectivity index is 1.76. The summed E-state index contributed by atoms with van der Waals surface area (Å²) >= 11 is 0. The number of benzene rings is 1. The minimum Gasteiger partial charge on any atom is -0.381 e. The number of hydrogen-bond donors (Lipinski definition) is 1. The Hall–Kier alpha value is -1.77. The summed E-state index contributed by atoms with van der Waals surface area (Å²) in [5, 5.41) is 7.74. The van der Waals surface area contributed by atoms with Gasteiger partial charge in [0.05, 0.1) is 6.20 Å². The van der Waals surface area contributed by atoms with Crippen LogP contribution < -0.4 is 5.32 Å². The summed E-state index contributed by atoms with van der Waals surface area (Å²) in [4.78, 5) is 0. The molecular weight excluding hydrogens is 222 g/mol.